The lowest BCUT2D eigenvalue weighted by atomic mass is 10.0. The number of epoxide rings is 1. The Hall–Kier alpha value is -1.02. The maximum Gasteiger partial charge on any atom is 0.127 e. The van der Waals surface area contributed by atoms with Crippen molar-refractivity contribution in [2.24, 2.45) is 5.92 Å². The summed E-state index contributed by atoms with van der Waals surface area (Å²) >= 11 is 0. The standard InChI is InChI=1S/C13H18O2/c1-10(2)8-12(13-9-14-13)15-11-6-4-3-5-7-11/h3-7,10,12-13H,8-9H2,1-2H3. The lowest BCUT2D eigenvalue weighted by Crippen LogP contribution is -2.25. The molecule has 1 aromatic carbocycles. The molecule has 1 aromatic rings. The second kappa shape index (κ2) is 4.67. The molecule has 2 nitrogen and oxygen atoms in total. The Kier molecular flexibility index (Phi) is 3.27. The fraction of sp³-hybridized carbons (Fsp3) is 0.538. The fourth-order valence-electron chi connectivity index (χ4n) is 1.68. The Bertz CT molecular complexity index is 291. The number of hydrogen-bond acceptors (Lipinski definition) is 2. The summed E-state index contributed by atoms with van der Waals surface area (Å²) in [6.07, 6.45) is 1.58. The van der Waals surface area contributed by atoms with Gasteiger partial charge in [-0.3, -0.25) is 0 Å². The van der Waals surface area contributed by atoms with Crippen molar-refractivity contribution < 1.29 is 9.47 Å². The van der Waals surface area contributed by atoms with Gasteiger partial charge in [-0.05, 0) is 24.5 Å². The average Bonchev–Trinajstić information content (AvgIpc) is 3.01. The third kappa shape index (κ3) is 3.24. The quantitative estimate of drug-likeness (QED) is 0.691. The van der Waals surface area contributed by atoms with E-state index in [4.69, 9.17) is 9.47 Å². The summed E-state index contributed by atoms with van der Waals surface area (Å²) in [6.45, 7) is 5.28. The first kappa shape index (κ1) is 10.5. The van der Waals surface area contributed by atoms with E-state index in [1.807, 2.05) is 30.3 Å². The minimum Gasteiger partial charge on any atom is -0.488 e. The van der Waals surface area contributed by atoms with Crippen LogP contribution in [0.1, 0.15) is 20.3 Å². The van der Waals surface area contributed by atoms with Crippen molar-refractivity contribution in [2.75, 3.05) is 6.61 Å². The zero-order valence-corrected chi connectivity index (χ0v) is 9.35. The van der Waals surface area contributed by atoms with Crippen molar-refractivity contribution in [3.05, 3.63) is 30.3 Å². The molecule has 1 saturated heterocycles. The molecule has 0 saturated carbocycles. The number of ether oxygens (including phenoxy) is 2. The largest absolute Gasteiger partial charge is 0.488 e. The molecular formula is C13H18O2. The van der Waals surface area contributed by atoms with Gasteiger partial charge in [-0.1, -0.05) is 32.0 Å². The van der Waals surface area contributed by atoms with Gasteiger partial charge in [-0.25, -0.2) is 0 Å². The highest BCUT2D eigenvalue weighted by atomic mass is 16.6. The van der Waals surface area contributed by atoms with Crippen LogP contribution in [0.15, 0.2) is 30.3 Å². The molecule has 0 spiro atoms. The molecule has 2 rings (SSSR count). The molecule has 1 heterocycles. The molecule has 2 atom stereocenters. The van der Waals surface area contributed by atoms with Crippen LogP contribution < -0.4 is 4.74 Å². The van der Waals surface area contributed by atoms with Crippen molar-refractivity contribution in [2.45, 2.75) is 32.5 Å². The van der Waals surface area contributed by atoms with Crippen LogP contribution in [-0.4, -0.2) is 18.8 Å². The van der Waals surface area contributed by atoms with Crippen molar-refractivity contribution >= 4 is 0 Å². The van der Waals surface area contributed by atoms with Crippen LogP contribution in [0, 0.1) is 5.92 Å². The Labute approximate surface area is 91.2 Å². The molecule has 15 heavy (non-hydrogen) atoms. The average molecular weight is 206 g/mol. The van der Waals surface area contributed by atoms with E-state index < -0.39 is 0 Å². The molecular weight excluding hydrogens is 188 g/mol. The van der Waals surface area contributed by atoms with Gasteiger partial charge in [0.05, 0.1) is 6.61 Å². The SMILES string of the molecule is CC(C)CC(Oc1ccccc1)C1CO1. The van der Waals surface area contributed by atoms with Crippen LogP contribution in [0.4, 0.5) is 0 Å². The van der Waals surface area contributed by atoms with Gasteiger partial charge in [0.2, 0.25) is 0 Å². The molecule has 0 radical (unpaired) electrons. The van der Waals surface area contributed by atoms with Crippen LogP contribution >= 0.6 is 0 Å². The maximum absolute atomic E-state index is 5.92. The molecule has 0 aromatic heterocycles. The first-order chi connectivity index (χ1) is 7.25. The second-order valence-corrected chi connectivity index (χ2v) is 4.47. The van der Waals surface area contributed by atoms with E-state index >= 15 is 0 Å². The van der Waals surface area contributed by atoms with Crippen molar-refractivity contribution in [1.82, 2.24) is 0 Å². The van der Waals surface area contributed by atoms with E-state index in [0.29, 0.717) is 12.0 Å². The van der Waals surface area contributed by atoms with Gasteiger partial charge < -0.3 is 9.47 Å². The van der Waals surface area contributed by atoms with Gasteiger partial charge in [-0.15, -0.1) is 0 Å². The molecule has 1 aliphatic rings. The molecule has 0 N–H and O–H groups in total. The third-order valence-corrected chi connectivity index (χ3v) is 2.51. The summed E-state index contributed by atoms with van der Waals surface area (Å²) in [6, 6.07) is 9.98. The molecule has 1 aliphatic heterocycles. The smallest absolute Gasteiger partial charge is 0.127 e. The van der Waals surface area contributed by atoms with Crippen molar-refractivity contribution in [3.8, 4) is 5.75 Å². The second-order valence-electron chi connectivity index (χ2n) is 4.47. The number of benzene rings is 1. The fourth-order valence-corrected chi connectivity index (χ4v) is 1.68. The van der Waals surface area contributed by atoms with Crippen molar-refractivity contribution in [1.29, 1.82) is 0 Å². The Morgan fingerprint density at radius 2 is 2.00 bits per heavy atom. The van der Waals surface area contributed by atoms with E-state index in [9.17, 15) is 0 Å². The molecule has 0 amide bonds. The highest BCUT2D eigenvalue weighted by Crippen LogP contribution is 2.25. The van der Waals surface area contributed by atoms with Gasteiger partial charge in [0, 0.05) is 0 Å². The van der Waals surface area contributed by atoms with E-state index in [2.05, 4.69) is 13.8 Å². The Balaban J connectivity index is 1.94. The third-order valence-electron chi connectivity index (χ3n) is 2.51. The summed E-state index contributed by atoms with van der Waals surface area (Å²) in [4.78, 5) is 0. The summed E-state index contributed by atoms with van der Waals surface area (Å²) in [5, 5.41) is 0. The lowest BCUT2D eigenvalue weighted by molar-refractivity contribution is 0.137. The van der Waals surface area contributed by atoms with Crippen LogP contribution in [0.2, 0.25) is 0 Å². The van der Waals surface area contributed by atoms with E-state index in [1.54, 1.807) is 0 Å². The van der Waals surface area contributed by atoms with Gasteiger partial charge in [-0.2, -0.15) is 0 Å². The molecule has 1 fully saturated rings. The topological polar surface area (TPSA) is 21.8 Å². The molecule has 2 unspecified atom stereocenters. The van der Waals surface area contributed by atoms with Crippen LogP contribution in [0.25, 0.3) is 0 Å². The first-order valence-electron chi connectivity index (χ1n) is 5.59. The van der Waals surface area contributed by atoms with E-state index in [0.717, 1.165) is 18.8 Å². The van der Waals surface area contributed by atoms with Gasteiger partial charge in [0.15, 0.2) is 0 Å². The highest BCUT2D eigenvalue weighted by Gasteiger charge is 2.34. The van der Waals surface area contributed by atoms with E-state index in [-0.39, 0.29) is 6.10 Å². The van der Waals surface area contributed by atoms with Gasteiger partial charge >= 0.3 is 0 Å². The van der Waals surface area contributed by atoms with Crippen LogP contribution in [0.3, 0.4) is 0 Å². The Morgan fingerprint density at radius 3 is 2.53 bits per heavy atom. The number of rotatable bonds is 5. The van der Waals surface area contributed by atoms with Crippen LogP contribution in [0.5, 0.6) is 5.75 Å². The monoisotopic (exact) mass is 206 g/mol. The highest BCUT2D eigenvalue weighted by molar-refractivity contribution is 5.21. The summed E-state index contributed by atoms with van der Waals surface area (Å²) < 4.78 is 11.2. The Morgan fingerprint density at radius 1 is 1.33 bits per heavy atom. The normalized spacial score (nSPS) is 21.4. The lowest BCUT2D eigenvalue weighted by Gasteiger charge is -2.18. The predicted octanol–water partition coefficient (Wildman–Crippen LogP) is 2.88. The molecule has 0 bridgehead atoms. The summed E-state index contributed by atoms with van der Waals surface area (Å²) in [5.41, 5.74) is 0. The minimum absolute atomic E-state index is 0.215. The van der Waals surface area contributed by atoms with Crippen molar-refractivity contribution in [3.63, 3.8) is 0 Å². The minimum atomic E-state index is 0.215. The van der Waals surface area contributed by atoms with Gasteiger partial charge in [0.25, 0.3) is 0 Å². The first-order valence-corrected chi connectivity index (χ1v) is 5.59. The predicted molar refractivity (Wildman–Crippen MR) is 60.1 cm³/mol. The number of hydrogen-bond donors (Lipinski definition) is 0. The maximum atomic E-state index is 5.92. The zero-order valence-electron chi connectivity index (χ0n) is 9.35. The molecule has 82 valence electrons. The molecule has 0 aliphatic carbocycles. The van der Waals surface area contributed by atoms with E-state index in [1.165, 1.54) is 0 Å². The molecule has 2 heteroatoms. The zero-order chi connectivity index (χ0) is 10.7. The summed E-state index contributed by atoms with van der Waals surface area (Å²) in [7, 11) is 0. The number of para-hydroxylation sites is 1. The summed E-state index contributed by atoms with van der Waals surface area (Å²) in [5.74, 6) is 1.58. The van der Waals surface area contributed by atoms with Crippen LogP contribution in [-0.2, 0) is 4.74 Å². The van der Waals surface area contributed by atoms with Gasteiger partial charge in [0.1, 0.15) is 18.0 Å².